The Kier molecular flexibility index (Phi) is 4.34. The van der Waals surface area contributed by atoms with E-state index >= 15 is 0 Å². The maximum atomic E-state index is 12.1. The fourth-order valence-electron chi connectivity index (χ4n) is 2.41. The molecule has 3 aromatic rings. The molecule has 0 aliphatic heterocycles. The van der Waals surface area contributed by atoms with Gasteiger partial charge in [-0.1, -0.05) is 36.4 Å². The van der Waals surface area contributed by atoms with E-state index in [2.05, 4.69) is 10.3 Å². The molecule has 5 nitrogen and oxygen atoms in total. The average molecular weight is 317 g/mol. The molecular formula is C19H15N3O2. The van der Waals surface area contributed by atoms with Gasteiger partial charge in [-0.3, -0.25) is 14.6 Å². The predicted molar refractivity (Wildman–Crippen MR) is 94.4 cm³/mol. The van der Waals surface area contributed by atoms with E-state index in [1.165, 1.54) is 6.08 Å². The van der Waals surface area contributed by atoms with Gasteiger partial charge in [0.25, 0.3) is 5.91 Å². The van der Waals surface area contributed by atoms with Crippen molar-refractivity contribution >= 4 is 34.5 Å². The number of anilines is 1. The summed E-state index contributed by atoms with van der Waals surface area (Å²) in [5.41, 5.74) is 7.62. The summed E-state index contributed by atoms with van der Waals surface area (Å²) in [6, 6.07) is 16.2. The molecule has 0 unspecified atom stereocenters. The summed E-state index contributed by atoms with van der Waals surface area (Å²) in [5, 5.41) is 3.66. The molecule has 0 fully saturated rings. The summed E-state index contributed by atoms with van der Waals surface area (Å²) in [4.78, 5) is 27.8. The highest BCUT2D eigenvalue weighted by atomic mass is 16.2. The lowest BCUT2D eigenvalue weighted by Crippen LogP contribution is -2.16. The zero-order chi connectivity index (χ0) is 16.9. The number of benzene rings is 2. The third-order valence-electron chi connectivity index (χ3n) is 3.53. The average Bonchev–Trinajstić information content (AvgIpc) is 2.60. The Morgan fingerprint density at radius 3 is 2.62 bits per heavy atom. The molecule has 1 heterocycles. The van der Waals surface area contributed by atoms with Crippen LogP contribution in [-0.4, -0.2) is 16.8 Å². The Labute approximate surface area is 138 Å². The first-order chi connectivity index (χ1) is 11.6. The third-order valence-corrected chi connectivity index (χ3v) is 3.53. The first kappa shape index (κ1) is 15.4. The number of amides is 2. The number of nitrogens with one attached hydrogen (secondary N) is 1. The van der Waals surface area contributed by atoms with Crippen molar-refractivity contribution in [2.24, 2.45) is 5.73 Å². The molecule has 118 valence electrons. The van der Waals surface area contributed by atoms with Gasteiger partial charge in [0.2, 0.25) is 5.91 Å². The lowest BCUT2D eigenvalue weighted by atomic mass is 10.1. The van der Waals surface area contributed by atoms with Gasteiger partial charge in [-0.2, -0.15) is 0 Å². The number of para-hydroxylation sites is 2. The van der Waals surface area contributed by atoms with Gasteiger partial charge in [-0.05, 0) is 24.3 Å². The number of nitrogens with two attached hydrogens (primary N) is 1. The second kappa shape index (κ2) is 6.75. The van der Waals surface area contributed by atoms with Crippen molar-refractivity contribution < 1.29 is 9.59 Å². The molecule has 0 radical (unpaired) electrons. The highest BCUT2D eigenvalue weighted by Crippen LogP contribution is 2.18. The molecule has 3 rings (SSSR count). The van der Waals surface area contributed by atoms with Gasteiger partial charge in [0.05, 0.1) is 16.8 Å². The number of pyridine rings is 1. The Morgan fingerprint density at radius 2 is 1.79 bits per heavy atom. The van der Waals surface area contributed by atoms with Gasteiger partial charge in [0.1, 0.15) is 0 Å². The maximum Gasteiger partial charge on any atom is 0.250 e. The van der Waals surface area contributed by atoms with Gasteiger partial charge in [0.15, 0.2) is 0 Å². The molecule has 0 spiro atoms. The SMILES string of the molecule is NC(=O)c1ccccc1NC(=O)/C=C/c1cccc2cccnc12. The molecule has 0 saturated heterocycles. The topological polar surface area (TPSA) is 85.1 Å². The van der Waals surface area contributed by atoms with Crippen LogP contribution in [0.1, 0.15) is 15.9 Å². The quantitative estimate of drug-likeness (QED) is 0.725. The molecule has 1 aromatic heterocycles. The number of rotatable bonds is 4. The Morgan fingerprint density at radius 1 is 1.00 bits per heavy atom. The minimum atomic E-state index is -0.590. The highest BCUT2D eigenvalue weighted by molar-refractivity contribution is 6.07. The van der Waals surface area contributed by atoms with E-state index < -0.39 is 5.91 Å². The predicted octanol–water partition coefficient (Wildman–Crippen LogP) is 2.99. The fourth-order valence-corrected chi connectivity index (χ4v) is 2.41. The molecular weight excluding hydrogens is 302 g/mol. The number of aromatic nitrogens is 1. The van der Waals surface area contributed by atoms with Gasteiger partial charge < -0.3 is 11.1 Å². The number of carbonyl (C=O) groups excluding carboxylic acids is 2. The van der Waals surface area contributed by atoms with Crippen LogP contribution in [0.3, 0.4) is 0 Å². The number of fused-ring (bicyclic) bond motifs is 1. The van der Waals surface area contributed by atoms with E-state index in [9.17, 15) is 9.59 Å². The summed E-state index contributed by atoms with van der Waals surface area (Å²) < 4.78 is 0. The maximum absolute atomic E-state index is 12.1. The zero-order valence-corrected chi connectivity index (χ0v) is 12.8. The molecule has 0 aliphatic rings. The normalized spacial score (nSPS) is 10.8. The van der Waals surface area contributed by atoms with Crippen LogP contribution in [0.15, 0.2) is 66.9 Å². The molecule has 2 aromatic carbocycles. The van der Waals surface area contributed by atoms with Crippen molar-refractivity contribution in [3.05, 3.63) is 78.0 Å². The monoisotopic (exact) mass is 317 g/mol. The van der Waals surface area contributed by atoms with Crippen molar-refractivity contribution in [2.45, 2.75) is 0 Å². The van der Waals surface area contributed by atoms with E-state index in [-0.39, 0.29) is 11.5 Å². The molecule has 24 heavy (non-hydrogen) atoms. The molecule has 5 heteroatoms. The summed E-state index contributed by atoms with van der Waals surface area (Å²) in [5.74, 6) is -0.940. The van der Waals surface area contributed by atoms with Crippen LogP contribution in [0.5, 0.6) is 0 Å². The van der Waals surface area contributed by atoms with Gasteiger partial charge >= 0.3 is 0 Å². The van der Waals surface area contributed by atoms with Crippen LogP contribution in [0, 0.1) is 0 Å². The Balaban J connectivity index is 1.82. The van der Waals surface area contributed by atoms with Crippen LogP contribution < -0.4 is 11.1 Å². The van der Waals surface area contributed by atoms with Crippen LogP contribution in [0.25, 0.3) is 17.0 Å². The van der Waals surface area contributed by atoms with Crippen molar-refractivity contribution in [1.29, 1.82) is 0 Å². The molecule has 0 aliphatic carbocycles. The van der Waals surface area contributed by atoms with Crippen LogP contribution >= 0.6 is 0 Å². The van der Waals surface area contributed by atoms with E-state index in [0.29, 0.717) is 5.69 Å². The zero-order valence-electron chi connectivity index (χ0n) is 12.8. The van der Waals surface area contributed by atoms with E-state index in [4.69, 9.17) is 5.73 Å². The summed E-state index contributed by atoms with van der Waals surface area (Å²) in [7, 11) is 0. The number of hydrogen-bond acceptors (Lipinski definition) is 3. The molecule has 3 N–H and O–H groups in total. The fraction of sp³-hybridized carbons (Fsp3) is 0. The lowest BCUT2D eigenvalue weighted by molar-refractivity contribution is -0.111. The number of hydrogen-bond donors (Lipinski definition) is 2. The second-order valence-electron chi connectivity index (χ2n) is 5.15. The minimum absolute atomic E-state index is 0.270. The van der Waals surface area contributed by atoms with Crippen molar-refractivity contribution in [2.75, 3.05) is 5.32 Å². The molecule has 0 saturated carbocycles. The Hall–Kier alpha value is -3.47. The van der Waals surface area contributed by atoms with Gasteiger partial charge in [-0.15, -0.1) is 0 Å². The first-order valence-electron chi connectivity index (χ1n) is 7.37. The smallest absolute Gasteiger partial charge is 0.250 e. The standard InChI is InChI=1S/C19H15N3O2/c20-19(24)15-8-1-2-9-16(15)22-17(23)11-10-14-6-3-5-13-7-4-12-21-18(13)14/h1-12H,(H2,20,24)(H,22,23)/b11-10+. The first-order valence-corrected chi connectivity index (χ1v) is 7.37. The van der Waals surface area contributed by atoms with Gasteiger partial charge in [-0.25, -0.2) is 0 Å². The summed E-state index contributed by atoms with van der Waals surface area (Å²) in [6.45, 7) is 0. The second-order valence-corrected chi connectivity index (χ2v) is 5.15. The highest BCUT2D eigenvalue weighted by Gasteiger charge is 2.08. The van der Waals surface area contributed by atoms with Crippen molar-refractivity contribution in [3.8, 4) is 0 Å². The summed E-state index contributed by atoms with van der Waals surface area (Å²) in [6.07, 6.45) is 4.81. The lowest BCUT2D eigenvalue weighted by Gasteiger charge is -2.06. The largest absolute Gasteiger partial charge is 0.366 e. The number of carbonyl (C=O) groups is 2. The van der Waals surface area contributed by atoms with Crippen molar-refractivity contribution in [1.82, 2.24) is 4.98 Å². The Bertz CT molecular complexity index is 943. The molecule has 2 amide bonds. The molecule has 0 bridgehead atoms. The minimum Gasteiger partial charge on any atom is -0.366 e. The van der Waals surface area contributed by atoms with Crippen LogP contribution in [0.4, 0.5) is 5.69 Å². The van der Waals surface area contributed by atoms with Gasteiger partial charge in [0, 0.05) is 23.2 Å². The van der Waals surface area contributed by atoms with E-state index in [1.807, 2.05) is 30.3 Å². The van der Waals surface area contributed by atoms with Crippen LogP contribution in [0.2, 0.25) is 0 Å². The summed E-state index contributed by atoms with van der Waals surface area (Å²) >= 11 is 0. The third kappa shape index (κ3) is 3.30. The van der Waals surface area contributed by atoms with Crippen LogP contribution in [-0.2, 0) is 4.79 Å². The number of nitrogens with zero attached hydrogens (tertiary/aromatic N) is 1. The van der Waals surface area contributed by atoms with E-state index in [0.717, 1.165) is 16.5 Å². The molecule has 0 atom stereocenters. The number of primary amides is 1. The van der Waals surface area contributed by atoms with E-state index in [1.54, 1.807) is 36.5 Å². The van der Waals surface area contributed by atoms with Crippen molar-refractivity contribution in [3.63, 3.8) is 0 Å².